The van der Waals surface area contributed by atoms with E-state index in [1.54, 1.807) is 17.4 Å². The van der Waals surface area contributed by atoms with Gasteiger partial charge in [-0.25, -0.2) is 0 Å². The summed E-state index contributed by atoms with van der Waals surface area (Å²) >= 11 is 4.89. The lowest BCUT2D eigenvalue weighted by molar-refractivity contribution is -0.135. The highest BCUT2D eigenvalue weighted by Gasteiger charge is 1.93. The van der Waals surface area contributed by atoms with Gasteiger partial charge in [0, 0.05) is 14.7 Å². The average Bonchev–Trinajstić information content (AvgIpc) is 2.35. The van der Waals surface area contributed by atoms with Crippen molar-refractivity contribution >= 4 is 39.3 Å². The van der Waals surface area contributed by atoms with Gasteiger partial charge in [-0.2, -0.15) is 0 Å². The van der Waals surface area contributed by atoms with Crippen molar-refractivity contribution in [2.75, 3.05) is 0 Å². The van der Waals surface area contributed by atoms with Crippen molar-refractivity contribution in [3.63, 3.8) is 0 Å². The second-order valence-electron chi connectivity index (χ2n) is 2.17. The van der Waals surface area contributed by atoms with Gasteiger partial charge in [-0.1, -0.05) is 6.08 Å². The molecule has 0 amide bonds. The number of hydrogen-bond acceptors (Lipinski definition) is 2. The van der Waals surface area contributed by atoms with E-state index in [1.165, 1.54) is 0 Å². The number of aliphatic carboxylic acids is 1. The van der Waals surface area contributed by atoms with Gasteiger partial charge >= 0.3 is 5.97 Å². The van der Waals surface area contributed by atoms with E-state index in [9.17, 15) is 4.79 Å². The summed E-state index contributed by atoms with van der Waals surface area (Å²) in [5, 5.41) is 10.3. The number of halogens is 1. The number of hydrogen-bond donors (Lipinski definition) is 1. The van der Waals surface area contributed by atoms with Crippen molar-refractivity contribution < 1.29 is 9.90 Å². The highest BCUT2D eigenvalue weighted by molar-refractivity contribution is 9.10. The minimum atomic E-state index is -0.804. The monoisotopic (exact) mass is 246 g/mol. The molecule has 0 unspecified atom stereocenters. The molecule has 0 atom stereocenters. The normalized spacial score (nSPS) is 10.8. The molecule has 12 heavy (non-hydrogen) atoms. The lowest BCUT2D eigenvalue weighted by Gasteiger charge is -1.83. The van der Waals surface area contributed by atoms with Gasteiger partial charge in [0.1, 0.15) is 0 Å². The molecule has 0 aromatic carbocycles. The second-order valence-corrected chi connectivity index (χ2v) is 4.03. The molecule has 1 rings (SSSR count). The van der Waals surface area contributed by atoms with Crippen LogP contribution < -0.4 is 0 Å². The molecule has 0 aliphatic heterocycles. The van der Waals surface area contributed by atoms with Gasteiger partial charge < -0.3 is 5.11 Å². The van der Waals surface area contributed by atoms with Crippen LogP contribution in [-0.4, -0.2) is 11.1 Å². The van der Waals surface area contributed by atoms with Gasteiger partial charge in [0.05, 0.1) is 6.42 Å². The van der Waals surface area contributed by atoms with Crippen LogP contribution in [0.1, 0.15) is 11.3 Å². The third-order valence-electron chi connectivity index (χ3n) is 1.16. The zero-order valence-electron chi connectivity index (χ0n) is 6.16. The van der Waals surface area contributed by atoms with E-state index in [0.29, 0.717) is 0 Å². The van der Waals surface area contributed by atoms with Crippen LogP contribution in [-0.2, 0) is 4.79 Å². The molecule has 1 aromatic rings. The molecule has 0 aliphatic carbocycles. The standard InChI is InChI=1S/C8H7BrO2S/c9-6-4-7(12-5-6)2-1-3-8(10)11/h1-2,4-5H,3H2,(H,10,11)/b2-1+. The molecule has 0 aliphatic rings. The van der Waals surface area contributed by atoms with E-state index in [0.717, 1.165) is 9.35 Å². The van der Waals surface area contributed by atoms with E-state index in [2.05, 4.69) is 15.9 Å². The molecular formula is C8H7BrO2S. The molecule has 1 aromatic heterocycles. The zero-order valence-corrected chi connectivity index (χ0v) is 8.56. The molecule has 0 radical (unpaired) electrons. The lowest BCUT2D eigenvalue weighted by atomic mass is 10.3. The number of thiophene rings is 1. The number of carbonyl (C=O) groups is 1. The molecule has 4 heteroatoms. The molecule has 2 nitrogen and oxygen atoms in total. The fourth-order valence-corrected chi connectivity index (χ4v) is 2.06. The van der Waals surface area contributed by atoms with Gasteiger partial charge in [0.25, 0.3) is 0 Å². The smallest absolute Gasteiger partial charge is 0.307 e. The van der Waals surface area contributed by atoms with Crippen LogP contribution in [0.3, 0.4) is 0 Å². The van der Waals surface area contributed by atoms with E-state index < -0.39 is 5.97 Å². The molecule has 0 fully saturated rings. The Morgan fingerprint density at radius 1 is 1.75 bits per heavy atom. The minimum Gasteiger partial charge on any atom is -0.481 e. The molecular weight excluding hydrogens is 240 g/mol. The third-order valence-corrected chi connectivity index (χ3v) is 2.82. The summed E-state index contributed by atoms with van der Waals surface area (Å²) in [7, 11) is 0. The van der Waals surface area contributed by atoms with Crippen LogP contribution in [0.5, 0.6) is 0 Å². The van der Waals surface area contributed by atoms with Crippen molar-refractivity contribution in [2.24, 2.45) is 0 Å². The Balaban J connectivity index is 2.52. The van der Waals surface area contributed by atoms with Crippen LogP contribution >= 0.6 is 27.3 Å². The highest BCUT2D eigenvalue weighted by Crippen LogP contribution is 2.20. The van der Waals surface area contributed by atoms with Crippen LogP contribution in [0.2, 0.25) is 0 Å². The minimum absolute atomic E-state index is 0.0789. The molecule has 0 bridgehead atoms. The van der Waals surface area contributed by atoms with E-state index in [1.807, 2.05) is 17.5 Å². The Morgan fingerprint density at radius 2 is 2.50 bits per heavy atom. The van der Waals surface area contributed by atoms with E-state index in [-0.39, 0.29) is 6.42 Å². The summed E-state index contributed by atoms with van der Waals surface area (Å²) in [6.45, 7) is 0. The SMILES string of the molecule is O=C(O)C/C=C/c1cc(Br)cs1. The highest BCUT2D eigenvalue weighted by atomic mass is 79.9. The number of carboxylic acid groups (broad SMARTS) is 1. The van der Waals surface area contributed by atoms with Crippen molar-refractivity contribution in [3.8, 4) is 0 Å². The Morgan fingerprint density at radius 3 is 3.00 bits per heavy atom. The molecule has 1 heterocycles. The maximum absolute atomic E-state index is 10.1. The lowest BCUT2D eigenvalue weighted by Crippen LogP contribution is -1.89. The van der Waals surface area contributed by atoms with E-state index in [4.69, 9.17) is 5.11 Å². The van der Waals surface area contributed by atoms with Gasteiger partial charge in [-0.05, 0) is 28.1 Å². The Labute approximate surface area is 82.7 Å². The Bertz CT molecular complexity index is 304. The predicted octanol–water partition coefficient (Wildman–Crippen LogP) is 3.00. The summed E-state index contributed by atoms with van der Waals surface area (Å²) < 4.78 is 1.03. The summed E-state index contributed by atoms with van der Waals surface area (Å²) in [6, 6.07) is 1.95. The summed E-state index contributed by atoms with van der Waals surface area (Å²) in [5.74, 6) is -0.804. The molecule has 0 saturated carbocycles. The van der Waals surface area contributed by atoms with E-state index >= 15 is 0 Å². The average molecular weight is 247 g/mol. The fourth-order valence-electron chi connectivity index (χ4n) is 0.692. The first-order valence-electron chi connectivity index (χ1n) is 3.31. The maximum Gasteiger partial charge on any atom is 0.307 e. The van der Waals surface area contributed by atoms with Crippen LogP contribution in [0, 0.1) is 0 Å². The maximum atomic E-state index is 10.1. The van der Waals surface area contributed by atoms with Crippen molar-refractivity contribution in [1.29, 1.82) is 0 Å². The van der Waals surface area contributed by atoms with Gasteiger partial charge in [0.2, 0.25) is 0 Å². The van der Waals surface area contributed by atoms with Crippen molar-refractivity contribution in [3.05, 3.63) is 26.9 Å². The van der Waals surface area contributed by atoms with Crippen molar-refractivity contribution in [2.45, 2.75) is 6.42 Å². The molecule has 1 N–H and O–H groups in total. The second kappa shape index (κ2) is 4.42. The summed E-state index contributed by atoms with van der Waals surface area (Å²) in [5.41, 5.74) is 0. The third kappa shape index (κ3) is 3.19. The largest absolute Gasteiger partial charge is 0.481 e. The van der Waals surface area contributed by atoms with Crippen molar-refractivity contribution in [1.82, 2.24) is 0 Å². The predicted molar refractivity (Wildman–Crippen MR) is 53.3 cm³/mol. The topological polar surface area (TPSA) is 37.3 Å². The number of carboxylic acids is 1. The molecule has 0 saturated heterocycles. The Hall–Kier alpha value is -0.610. The Kier molecular flexibility index (Phi) is 3.49. The zero-order chi connectivity index (χ0) is 8.97. The molecule has 0 spiro atoms. The van der Waals surface area contributed by atoms with Gasteiger partial charge in [-0.3, -0.25) is 4.79 Å². The first kappa shape index (κ1) is 9.48. The first-order valence-corrected chi connectivity index (χ1v) is 4.98. The first-order chi connectivity index (χ1) is 5.68. The van der Waals surface area contributed by atoms with Crippen LogP contribution in [0.15, 0.2) is 22.0 Å². The van der Waals surface area contributed by atoms with Gasteiger partial charge in [0.15, 0.2) is 0 Å². The van der Waals surface area contributed by atoms with Gasteiger partial charge in [-0.15, -0.1) is 11.3 Å². The summed E-state index contributed by atoms with van der Waals surface area (Å²) in [4.78, 5) is 11.2. The van der Waals surface area contributed by atoms with Crippen LogP contribution in [0.4, 0.5) is 0 Å². The number of rotatable bonds is 3. The summed E-state index contributed by atoms with van der Waals surface area (Å²) in [6.07, 6.45) is 3.53. The fraction of sp³-hybridized carbons (Fsp3) is 0.125. The molecule has 64 valence electrons. The van der Waals surface area contributed by atoms with Crippen LogP contribution in [0.25, 0.3) is 6.08 Å². The quantitative estimate of drug-likeness (QED) is 0.891.